The van der Waals surface area contributed by atoms with E-state index in [4.69, 9.17) is 4.74 Å². The molecule has 0 bridgehead atoms. The van der Waals surface area contributed by atoms with Gasteiger partial charge in [-0.1, -0.05) is 66.0 Å². The minimum Gasteiger partial charge on any atom is -0.484 e. The third kappa shape index (κ3) is 7.69. The number of aryl methyl sites for hydroxylation is 2. The Hall–Kier alpha value is -2.34. The topological polar surface area (TPSA) is 58.6 Å². The number of hydrogen-bond acceptors (Lipinski definition) is 3. The molecule has 0 saturated heterocycles. The van der Waals surface area contributed by atoms with Gasteiger partial charge in [0, 0.05) is 17.6 Å². The van der Waals surface area contributed by atoms with E-state index in [1.165, 1.54) is 0 Å². The summed E-state index contributed by atoms with van der Waals surface area (Å²) in [6.07, 6.45) is 2.45. The Kier molecular flexibility index (Phi) is 10.0. The lowest BCUT2D eigenvalue weighted by atomic mass is 10.1. The van der Waals surface area contributed by atoms with Gasteiger partial charge in [-0.15, -0.1) is 0 Å². The standard InChI is InChI=1S/C25H33BrN2O3/c1-5-7-13-27-25(30)23(6-2)28(16-20-10-8-9-18(3)14-20)24(29)17-31-21-11-12-22(26)19(4)15-21/h8-12,14-15,23H,5-7,13,16-17H2,1-4H3,(H,27,30). The van der Waals surface area contributed by atoms with Gasteiger partial charge in [-0.05, 0) is 56.0 Å². The molecule has 0 saturated carbocycles. The van der Waals surface area contributed by atoms with Gasteiger partial charge in [0.2, 0.25) is 5.91 Å². The predicted octanol–water partition coefficient (Wildman–Crippen LogP) is 5.17. The maximum atomic E-state index is 13.2. The van der Waals surface area contributed by atoms with E-state index in [2.05, 4.69) is 28.2 Å². The van der Waals surface area contributed by atoms with Crippen molar-refractivity contribution >= 4 is 27.7 Å². The first-order valence-electron chi connectivity index (χ1n) is 10.9. The van der Waals surface area contributed by atoms with E-state index >= 15 is 0 Å². The maximum absolute atomic E-state index is 13.2. The average Bonchev–Trinajstić information content (AvgIpc) is 2.74. The summed E-state index contributed by atoms with van der Waals surface area (Å²) in [6, 6.07) is 13.1. The Bertz CT molecular complexity index is 885. The highest BCUT2D eigenvalue weighted by molar-refractivity contribution is 9.10. The Morgan fingerprint density at radius 1 is 1.13 bits per heavy atom. The molecule has 0 aliphatic rings. The maximum Gasteiger partial charge on any atom is 0.261 e. The minimum absolute atomic E-state index is 0.114. The molecule has 1 unspecified atom stereocenters. The molecular weight excluding hydrogens is 456 g/mol. The number of unbranched alkanes of at least 4 members (excludes halogenated alkanes) is 1. The summed E-state index contributed by atoms with van der Waals surface area (Å²) in [5.74, 6) is 0.306. The fourth-order valence-corrected chi connectivity index (χ4v) is 3.61. The quantitative estimate of drug-likeness (QED) is 0.443. The second-order valence-corrected chi connectivity index (χ2v) is 8.63. The second-order valence-electron chi connectivity index (χ2n) is 7.78. The van der Waals surface area contributed by atoms with Crippen LogP contribution in [0, 0.1) is 13.8 Å². The first-order chi connectivity index (χ1) is 14.8. The van der Waals surface area contributed by atoms with Crippen molar-refractivity contribution in [2.24, 2.45) is 0 Å². The number of amides is 2. The molecule has 168 valence electrons. The molecule has 2 aromatic carbocycles. The lowest BCUT2D eigenvalue weighted by Gasteiger charge is -2.30. The lowest BCUT2D eigenvalue weighted by molar-refractivity contribution is -0.143. The average molecular weight is 489 g/mol. The van der Waals surface area contributed by atoms with Gasteiger partial charge in [-0.25, -0.2) is 0 Å². The highest BCUT2D eigenvalue weighted by atomic mass is 79.9. The summed E-state index contributed by atoms with van der Waals surface area (Å²) in [4.78, 5) is 27.7. The Balaban J connectivity index is 2.18. The van der Waals surface area contributed by atoms with Crippen molar-refractivity contribution in [1.82, 2.24) is 10.2 Å². The van der Waals surface area contributed by atoms with Gasteiger partial charge < -0.3 is 15.0 Å². The van der Waals surface area contributed by atoms with E-state index in [9.17, 15) is 9.59 Å². The van der Waals surface area contributed by atoms with Gasteiger partial charge in [-0.3, -0.25) is 9.59 Å². The fourth-order valence-electron chi connectivity index (χ4n) is 3.37. The van der Waals surface area contributed by atoms with Crippen LogP contribution in [0.4, 0.5) is 0 Å². The van der Waals surface area contributed by atoms with E-state index in [0.717, 1.165) is 34.0 Å². The molecule has 1 atom stereocenters. The van der Waals surface area contributed by atoms with Gasteiger partial charge in [0.1, 0.15) is 11.8 Å². The summed E-state index contributed by atoms with van der Waals surface area (Å²) in [7, 11) is 0. The zero-order valence-corrected chi connectivity index (χ0v) is 20.5. The monoisotopic (exact) mass is 488 g/mol. The molecular formula is C25H33BrN2O3. The number of carbonyl (C=O) groups is 2. The largest absolute Gasteiger partial charge is 0.484 e. The van der Waals surface area contributed by atoms with Crippen LogP contribution < -0.4 is 10.1 Å². The smallest absolute Gasteiger partial charge is 0.261 e. The van der Waals surface area contributed by atoms with Crippen LogP contribution in [0.1, 0.15) is 49.8 Å². The first-order valence-corrected chi connectivity index (χ1v) is 11.7. The molecule has 0 aliphatic carbocycles. The Labute approximate surface area is 194 Å². The van der Waals surface area contributed by atoms with Gasteiger partial charge in [-0.2, -0.15) is 0 Å². The van der Waals surface area contributed by atoms with Crippen LogP contribution in [0.25, 0.3) is 0 Å². The summed E-state index contributed by atoms with van der Waals surface area (Å²) >= 11 is 3.47. The number of halogens is 1. The predicted molar refractivity (Wildman–Crippen MR) is 128 cm³/mol. The van der Waals surface area contributed by atoms with Crippen LogP contribution in [0.3, 0.4) is 0 Å². The van der Waals surface area contributed by atoms with E-state index in [0.29, 0.717) is 25.3 Å². The molecule has 0 spiro atoms. The highest BCUT2D eigenvalue weighted by Crippen LogP contribution is 2.22. The summed E-state index contributed by atoms with van der Waals surface area (Å²) < 4.78 is 6.76. The molecule has 0 heterocycles. The van der Waals surface area contributed by atoms with Gasteiger partial charge in [0.15, 0.2) is 6.61 Å². The van der Waals surface area contributed by atoms with Crippen LogP contribution in [-0.2, 0) is 16.1 Å². The van der Waals surface area contributed by atoms with Gasteiger partial charge in [0.05, 0.1) is 0 Å². The molecule has 0 radical (unpaired) electrons. The van der Waals surface area contributed by atoms with Crippen molar-refractivity contribution in [3.8, 4) is 5.75 Å². The zero-order chi connectivity index (χ0) is 22.8. The first kappa shape index (κ1) is 24.9. The molecule has 2 rings (SSSR count). The van der Waals surface area contributed by atoms with Crippen LogP contribution in [-0.4, -0.2) is 35.9 Å². The van der Waals surface area contributed by atoms with Crippen LogP contribution >= 0.6 is 15.9 Å². The lowest BCUT2D eigenvalue weighted by Crippen LogP contribution is -2.50. The van der Waals surface area contributed by atoms with E-state index < -0.39 is 6.04 Å². The Morgan fingerprint density at radius 2 is 1.90 bits per heavy atom. The molecule has 0 fully saturated rings. The molecule has 5 nitrogen and oxygen atoms in total. The molecule has 2 aromatic rings. The van der Waals surface area contributed by atoms with Crippen molar-refractivity contribution in [3.05, 3.63) is 63.6 Å². The van der Waals surface area contributed by atoms with Crippen molar-refractivity contribution in [1.29, 1.82) is 0 Å². The number of ether oxygens (including phenoxy) is 1. The fraction of sp³-hybridized carbons (Fsp3) is 0.440. The normalized spacial score (nSPS) is 11.6. The van der Waals surface area contributed by atoms with E-state index in [1.54, 1.807) is 4.90 Å². The van der Waals surface area contributed by atoms with Crippen molar-refractivity contribution in [2.75, 3.05) is 13.2 Å². The number of rotatable bonds is 11. The molecule has 31 heavy (non-hydrogen) atoms. The van der Waals surface area contributed by atoms with Gasteiger partial charge in [0.25, 0.3) is 5.91 Å². The van der Waals surface area contributed by atoms with Crippen LogP contribution in [0.15, 0.2) is 46.9 Å². The van der Waals surface area contributed by atoms with Crippen LogP contribution in [0.2, 0.25) is 0 Å². The highest BCUT2D eigenvalue weighted by Gasteiger charge is 2.28. The summed E-state index contributed by atoms with van der Waals surface area (Å²) in [5, 5.41) is 2.98. The van der Waals surface area contributed by atoms with E-state index in [-0.39, 0.29) is 18.4 Å². The summed E-state index contributed by atoms with van der Waals surface area (Å²) in [5.41, 5.74) is 3.14. The summed E-state index contributed by atoms with van der Waals surface area (Å²) in [6.45, 7) is 8.86. The number of hydrogen-bond donors (Lipinski definition) is 1. The number of benzene rings is 2. The van der Waals surface area contributed by atoms with Crippen LogP contribution in [0.5, 0.6) is 5.75 Å². The van der Waals surface area contributed by atoms with Gasteiger partial charge >= 0.3 is 0 Å². The molecule has 0 aliphatic heterocycles. The number of carbonyl (C=O) groups excluding carboxylic acids is 2. The van der Waals surface area contributed by atoms with E-state index in [1.807, 2.05) is 63.2 Å². The van der Waals surface area contributed by atoms with Crippen molar-refractivity contribution in [2.45, 2.75) is 59.5 Å². The zero-order valence-electron chi connectivity index (χ0n) is 18.9. The molecule has 2 amide bonds. The molecule has 0 aromatic heterocycles. The second kappa shape index (κ2) is 12.5. The molecule has 1 N–H and O–H groups in total. The Morgan fingerprint density at radius 3 is 2.55 bits per heavy atom. The third-order valence-corrected chi connectivity index (χ3v) is 6.03. The minimum atomic E-state index is -0.542. The van der Waals surface area contributed by atoms with Crippen molar-refractivity contribution in [3.63, 3.8) is 0 Å². The van der Waals surface area contributed by atoms with Crippen molar-refractivity contribution < 1.29 is 14.3 Å². The number of nitrogens with one attached hydrogen (secondary N) is 1. The number of nitrogens with zero attached hydrogens (tertiary/aromatic N) is 1. The third-order valence-electron chi connectivity index (χ3n) is 5.14. The molecule has 6 heteroatoms. The SMILES string of the molecule is CCCCNC(=O)C(CC)N(Cc1cccc(C)c1)C(=O)COc1ccc(Br)c(C)c1.